The Balaban J connectivity index is 2.38. The van der Waals surface area contributed by atoms with Crippen LogP contribution < -0.4 is 5.32 Å². The predicted molar refractivity (Wildman–Crippen MR) is 62.4 cm³/mol. The van der Waals surface area contributed by atoms with Crippen molar-refractivity contribution in [1.82, 2.24) is 15.1 Å². The lowest BCUT2D eigenvalue weighted by molar-refractivity contribution is 0.183. The molecule has 0 fully saturated rings. The van der Waals surface area contributed by atoms with Crippen LogP contribution in [0.25, 0.3) is 0 Å². The van der Waals surface area contributed by atoms with Crippen molar-refractivity contribution in [3.63, 3.8) is 0 Å². The number of nitrogens with one attached hydrogen (secondary N) is 1. The molecular weight excluding hydrogens is 206 g/mol. The van der Waals surface area contributed by atoms with Gasteiger partial charge in [-0.05, 0) is 6.92 Å². The fraction of sp³-hybridized carbons (Fsp3) is 0.727. The monoisotopic (exact) mass is 227 g/mol. The molecule has 0 aromatic carbocycles. The molecule has 1 rings (SSSR count). The quantitative estimate of drug-likeness (QED) is 0.660. The first-order valence-corrected chi connectivity index (χ1v) is 5.49. The Morgan fingerprint density at radius 1 is 1.31 bits per heavy atom. The Labute approximate surface area is 96.7 Å². The van der Waals surface area contributed by atoms with Crippen LogP contribution in [0.4, 0.5) is 0 Å². The highest BCUT2D eigenvalue weighted by Gasteiger charge is 2.05. The summed E-state index contributed by atoms with van der Waals surface area (Å²) >= 11 is 0. The van der Waals surface area contributed by atoms with E-state index in [1.165, 1.54) is 11.3 Å². The molecule has 0 aliphatic rings. The van der Waals surface area contributed by atoms with Crippen molar-refractivity contribution in [2.75, 3.05) is 34.0 Å². The summed E-state index contributed by atoms with van der Waals surface area (Å²) in [4.78, 5) is 0. The second-order valence-electron chi connectivity index (χ2n) is 3.64. The van der Waals surface area contributed by atoms with Gasteiger partial charge >= 0.3 is 0 Å². The Morgan fingerprint density at radius 3 is 2.75 bits per heavy atom. The van der Waals surface area contributed by atoms with Gasteiger partial charge in [0.05, 0.1) is 26.0 Å². The van der Waals surface area contributed by atoms with E-state index in [0.29, 0.717) is 6.61 Å². The average molecular weight is 227 g/mol. The van der Waals surface area contributed by atoms with E-state index < -0.39 is 0 Å². The van der Waals surface area contributed by atoms with Crippen molar-refractivity contribution >= 4 is 0 Å². The summed E-state index contributed by atoms with van der Waals surface area (Å²) in [6, 6.07) is 0. The first-order chi connectivity index (χ1) is 7.79. The van der Waals surface area contributed by atoms with Crippen LogP contribution in [0.1, 0.15) is 11.3 Å². The Morgan fingerprint density at radius 2 is 2.06 bits per heavy atom. The normalized spacial score (nSPS) is 10.9. The molecule has 1 aromatic rings. The fourth-order valence-electron chi connectivity index (χ4n) is 1.46. The molecule has 0 atom stereocenters. The molecule has 1 aromatic heterocycles. The maximum Gasteiger partial charge on any atom is 0.0658 e. The number of methoxy groups -OCH3 is 2. The third-order valence-electron chi connectivity index (χ3n) is 2.51. The molecule has 1 N–H and O–H groups in total. The molecule has 0 unspecified atom stereocenters. The lowest BCUT2D eigenvalue weighted by Crippen LogP contribution is -2.19. The van der Waals surface area contributed by atoms with E-state index in [-0.39, 0.29) is 0 Å². The second kappa shape index (κ2) is 7.38. The SMILES string of the molecule is COCCNCc1cnn(CCOC)c1C. The van der Waals surface area contributed by atoms with Crippen molar-refractivity contribution in [2.24, 2.45) is 0 Å². The third-order valence-corrected chi connectivity index (χ3v) is 2.51. The van der Waals surface area contributed by atoms with Crippen LogP contribution in [0.2, 0.25) is 0 Å². The summed E-state index contributed by atoms with van der Waals surface area (Å²) in [5.41, 5.74) is 2.43. The number of nitrogens with zero attached hydrogens (tertiary/aromatic N) is 2. The smallest absolute Gasteiger partial charge is 0.0658 e. The zero-order valence-electron chi connectivity index (χ0n) is 10.3. The summed E-state index contributed by atoms with van der Waals surface area (Å²) in [7, 11) is 3.40. The van der Waals surface area contributed by atoms with Gasteiger partial charge in [-0.25, -0.2) is 0 Å². The topological polar surface area (TPSA) is 48.3 Å². The van der Waals surface area contributed by atoms with Crippen molar-refractivity contribution in [3.05, 3.63) is 17.5 Å². The molecule has 0 spiro atoms. The molecule has 0 amide bonds. The summed E-state index contributed by atoms with van der Waals surface area (Å²) < 4.78 is 12.0. The molecule has 0 saturated heterocycles. The second-order valence-corrected chi connectivity index (χ2v) is 3.64. The predicted octanol–water partition coefficient (Wildman–Crippen LogP) is 0.574. The van der Waals surface area contributed by atoms with Gasteiger partial charge in [0.2, 0.25) is 0 Å². The Kier molecular flexibility index (Phi) is 6.07. The van der Waals surface area contributed by atoms with Crippen LogP contribution in [0.3, 0.4) is 0 Å². The standard InChI is InChI=1S/C11H21N3O2/c1-10-11(8-12-4-6-15-2)9-13-14(10)5-7-16-3/h9,12H,4-8H2,1-3H3. The summed E-state index contributed by atoms with van der Waals surface area (Å²) in [6.45, 7) is 6.01. The summed E-state index contributed by atoms with van der Waals surface area (Å²) in [6.07, 6.45) is 1.91. The maximum atomic E-state index is 5.03. The van der Waals surface area contributed by atoms with E-state index in [1.807, 2.05) is 10.9 Å². The van der Waals surface area contributed by atoms with E-state index in [4.69, 9.17) is 9.47 Å². The van der Waals surface area contributed by atoms with Gasteiger partial charge in [0, 0.05) is 38.6 Å². The van der Waals surface area contributed by atoms with Gasteiger partial charge in [-0.3, -0.25) is 4.68 Å². The van der Waals surface area contributed by atoms with Gasteiger partial charge in [-0.15, -0.1) is 0 Å². The van der Waals surface area contributed by atoms with Crippen LogP contribution >= 0.6 is 0 Å². The van der Waals surface area contributed by atoms with E-state index >= 15 is 0 Å². The van der Waals surface area contributed by atoms with E-state index in [2.05, 4.69) is 17.3 Å². The molecule has 92 valence electrons. The highest BCUT2D eigenvalue weighted by Crippen LogP contribution is 2.06. The molecule has 0 aliphatic carbocycles. The van der Waals surface area contributed by atoms with E-state index in [1.54, 1.807) is 14.2 Å². The largest absolute Gasteiger partial charge is 0.383 e. The zero-order chi connectivity index (χ0) is 11.8. The van der Waals surface area contributed by atoms with Crippen molar-refractivity contribution in [3.8, 4) is 0 Å². The lowest BCUT2D eigenvalue weighted by Gasteiger charge is -2.05. The molecular formula is C11H21N3O2. The minimum absolute atomic E-state index is 0.694. The van der Waals surface area contributed by atoms with Crippen LogP contribution in [0.5, 0.6) is 0 Å². The molecule has 5 nitrogen and oxygen atoms in total. The van der Waals surface area contributed by atoms with Gasteiger partial charge in [0.1, 0.15) is 0 Å². The minimum Gasteiger partial charge on any atom is -0.383 e. The van der Waals surface area contributed by atoms with Gasteiger partial charge < -0.3 is 14.8 Å². The van der Waals surface area contributed by atoms with E-state index in [0.717, 1.165) is 26.2 Å². The maximum absolute atomic E-state index is 5.03. The average Bonchev–Trinajstić information content (AvgIpc) is 2.64. The zero-order valence-corrected chi connectivity index (χ0v) is 10.3. The molecule has 0 bridgehead atoms. The van der Waals surface area contributed by atoms with Gasteiger partial charge in [-0.2, -0.15) is 5.10 Å². The van der Waals surface area contributed by atoms with Crippen molar-refractivity contribution in [2.45, 2.75) is 20.0 Å². The summed E-state index contributed by atoms with van der Waals surface area (Å²) in [5, 5.41) is 7.62. The van der Waals surface area contributed by atoms with E-state index in [9.17, 15) is 0 Å². The van der Waals surface area contributed by atoms with Crippen LogP contribution in [-0.4, -0.2) is 43.8 Å². The van der Waals surface area contributed by atoms with Gasteiger partial charge in [0.25, 0.3) is 0 Å². The number of hydrogen-bond acceptors (Lipinski definition) is 4. The number of ether oxygens (including phenoxy) is 2. The van der Waals surface area contributed by atoms with Crippen LogP contribution in [0.15, 0.2) is 6.20 Å². The van der Waals surface area contributed by atoms with Crippen LogP contribution in [-0.2, 0) is 22.6 Å². The van der Waals surface area contributed by atoms with Crippen molar-refractivity contribution in [1.29, 1.82) is 0 Å². The summed E-state index contributed by atoms with van der Waals surface area (Å²) in [5.74, 6) is 0. The number of rotatable bonds is 8. The molecule has 0 radical (unpaired) electrons. The minimum atomic E-state index is 0.694. The third kappa shape index (κ3) is 3.92. The van der Waals surface area contributed by atoms with Crippen molar-refractivity contribution < 1.29 is 9.47 Å². The number of aromatic nitrogens is 2. The number of hydrogen-bond donors (Lipinski definition) is 1. The molecule has 0 saturated carbocycles. The fourth-order valence-corrected chi connectivity index (χ4v) is 1.46. The van der Waals surface area contributed by atoms with Gasteiger partial charge in [-0.1, -0.05) is 0 Å². The lowest BCUT2D eigenvalue weighted by atomic mass is 10.2. The first-order valence-electron chi connectivity index (χ1n) is 5.49. The molecule has 5 heteroatoms. The molecule has 0 aliphatic heterocycles. The highest BCUT2D eigenvalue weighted by atomic mass is 16.5. The highest BCUT2D eigenvalue weighted by molar-refractivity contribution is 5.15. The van der Waals surface area contributed by atoms with Crippen LogP contribution in [0, 0.1) is 6.92 Å². The van der Waals surface area contributed by atoms with Gasteiger partial charge in [0.15, 0.2) is 0 Å². The Bertz CT molecular complexity index is 299. The first kappa shape index (κ1) is 13.2. The molecule has 1 heterocycles. The Hall–Kier alpha value is -0.910. The molecule has 16 heavy (non-hydrogen) atoms.